The zero-order chi connectivity index (χ0) is 18.7. The number of nitrogens with two attached hydrogens (primary N) is 1. The molecular formula is C16H17N5O2S3. The predicted molar refractivity (Wildman–Crippen MR) is 109 cm³/mol. The first kappa shape index (κ1) is 18.7. The van der Waals surface area contributed by atoms with Crippen LogP contribution >= 0.6 is 34.9 Å². The number of thiophene rings is 1. The predicted octanol–water partition coefficient (Wildman–Crippen LogP) is 3.84. The number of nitrogen functional groups attached to an aromatic ring is 1. The van der Waals surface area contributed by atoms with Crippen molar-refractivity contribution in [3.63, 3.8) is 0 Å². The maximum Gasteiger partial charge on any atom is 0.411 e. The summed E-state index contributed by atoms with van der Waals surface area (Å²) in [5.41, 5.74) is 7.37. The molecule has 26 heavy (non-hydrogen) atoms. The minimum Gasteiger partial charge on any atom is -0.465 e. The molecule has 0 fully saturated rings. The number of fused-ring (bicyclic) bond motifs is 1. The van der Waals surface area contributed by atoms with Gasteiger partial charge in [-0.2, -0.15) is 0 Å². The maximum atomic E-state index is 11.2. The summed E-state index contributed by atoms with van der Waals surface area (Å²) in [5, 5.41) is 13.4. The average molecular weight is 408 g/mol. The summed E-state index contributed by atoms with van der Waals surface area (Å²) in [5.74, 6) is 1.22. The number of thioether (sulfide) groups is 2. The fourth-order valence-corrected chi connectivity index (χ4v) is 4.53. The molecule has 3 heterocycles. The van der Waals surface area contributed by atoms with E-state index in [1.165, 1.54) is 39.8 Å². The van der Waals surface area contributed by atoms with Gasteiger partial charge < -0.3 is 10.8 Å². The van der Waals surface area contributed by atoms with E-state index in [1.54, 1.807) is 19.3 Å². The largest absolute Gasteiger partial charge is 0.465 e. The quantitative estimate of drug-likeness (QED) is 0.361. The number of carbonyl (C=O) groups is 1. The third-order valence-corrected chi connectivity index (χ3v) is 6.04. The number of aromatic nitrogens is 3. The fourth-order valence-electron chi connectivity index (χ4n) is 2.30. The molecule has 0 aliphatic carbocycles. The van der Waals surface area contributed by atoms with Gasteiger partial charge in [-0.15, -0.1) is 23.1 Å². The van der Waals surface area contributed by atoms with Gasteiger partial charge in [0.2, 0.25) is 0 Å². The van der Waals surface area contributed by atoms with Crippen molar-refractivity contribution < 1.29 is 9.90 Å². The zero-order valence-electron chi connectivity index (χ0n) is 14.2. The van der Waals surface area contributed by atoms with E-state index >= 15 is 0 Å². The Morgan fingerprint density at radius 1 is 1.38 bits per heavy atom. The summed E-state index contributed by atoms with van der Waals surface area (Å²) in [7, 11) is 1.54. The molecule has 0 aliphatic rings. The van der Waals surface area contributed by atoms with Gasteiger partial charge >= 0.3 is 6.09 Å². The lowest BCUT2D eigenvalue weighted by atomic mass is 10.2. The minimum atomic E-state index is -0.984. The van der Waals surface area contributed by atoms with Gasteiger partial charge in [-0.1, -0.05) is 11.8 Å². The summed E-state index contributed by atoms with van der Waals surface area (Å²) in [6, 6.07) is 3.70. The number of rotatable bonds is 6. The summed E-state index contributed by atoms with van der Waals surface area (Å²) < 4.78 is 0.966. The van der Waals surface area contributed by atoms with Crippen molar-refractivity contribution in [2.45, 2.75) is 16.6 Å². The first-order valence-corrected chi connectivity index (χ1v) is 10.7. The molecule has 0 saturated heterocycles. The molecule has 136 valence electrons. The lowest BCUT2D eigenvalue weighted by molar-refractivity contribution is 0.203. The van der Waals surface area contributed by atoms with Gasteiger partial charge in [-0.25, -0.2) is 14.8 Å². The SMILES string of the molecule is CSc1cc(N)nc(SCCc2cc3c(N(C)C(=O)O)csc3cn2)n1. The molecular weight excluding hydrogens is 390 g/mol. The van der Waals surface area contributed by atoms with Crippen LogP contribution in [0.4, 0.5) is 16.3 Å². The van der Waals surface area contributed by atoms with Crippen LogP contribution in [0, 0.1) is 0 Å². The van der Waals surface area contributed by atoms with Crippen molar-refractivity contribution in [1.29, 1.82) is 0 Å². The Hall–Kier alpha value is -2.04. The van der Waals surface area contributed by atoms with Crippen molar-refractivity contribution in [3.05, 3.63) is 29.4 Å². The first-order valence-electron chi connectivity index (χ1n) is 7.62. The molecule has 3 aromatic rings. The van der Waals surface area contributed by atoms with E-state index in [9.17, 15) is 9.90 Å². The van der Waals surface area contributed by atoms with Crippen molar-refractivity contribution in [3.8, 4) is 0 Å². The Balaban J connectivity index is 1.72. The Morgan fingerprint density at radius 3 is 2.92 bits per heavy atom. The average Bonchev–Trinajstić information content (AvgIpc) is 3.03. The highest BCUT2D eigenvalue weighted by molar-refractivity contribution is 7.99. The Morgan fingerprint density at radius 2 is 2.19 bits per heavy atom. The highest BCUT2D eigenvalue weighted by atomic mass is 32.2. The highest BCUT2D eigenvalue weighted by Gasteiger charge is 2.14. The number of aryl methyl sites for hydroxylation is 1. The summed E-state index contributed by atoms with van der Waals surface area (Å²) in [6.07, 6.45) is 3.48. The molecule has 0 unspecified atom stereocenters. The van der Waals surface area contributed by atoms with Crippen LogP contribution in [0.5, 0.6) is 0 Å². The summed E-state index contributed by atoms with van der Waals surface area (Å²) in [6.45, 7) is 0. The molecule has 0 atom stereocenters. The summed E-state index contributed by atoms with van der Waals surface area (Å²) >= 11 is 4.54. The molecule has 3 rings (SSSR count). The molecule has 3 aromatic heterocycles. The molecule has 0 radical (unpaired) electrons. The van der Waals surface area contributed by atoms with E-state index in [4.69, 9.17) is 5.73 Å². The van der Waals surface area contributed by atoms with Crippen LogP contribution in [-0.2, 0) is 6.42 Å². The van der Waals surface area contributed by atoms with Gasteiger partial charge in [0.05, 0.1) is 10.4 Å². The van der Waals surface area contributed by atoms with Crippen LogP contribution in [0.2, 0.25) is 0 Å². The van der Waals surface area contributed by atoms with Crippen molar-refractivity contribution in [2.75, 3.05) is 29.7 Å². The van der Waals surface area contributed by atoms with E-state index in [0.29, 0.717) is 16.7 Å². The maximum absolute atomic E-state index is 11.2. The first-order chi connectivity index (χ1) is 12.5. The molecule has 3 N–H and O–H groups in total. The molecule has 7 nitrogen and oxygen atoms in total. The standard InChI is InChI=1S/C16H17N5O2S3/c1-21(16(22)23)11-8-26-12-7-18-9(5-10(11)12)3-4-25-15-19-13(17)6-14(20-15)24-2/h5-8H,3-4H2,1-2H3,(H,22,23)(H2,17,19,20). The Labute approximate surface area is 163 Å². The number of hydrogen-bond donors (Lipinski definition) is 2. The Bertz CT molecular complexity index is 947. The van der Waals surface area contributed by atoms with Crippen LogP contribution in [0.15, 0.2) is 33.9 Å². The van der Waals surface area contributed by atoms with Crippen LogP contribution in [0.3, 0.4) is 0 Å². The molecule has 10 heteroatoms. The van der Waals surface area contributed by atoms with E-state index in [2.05, 4.69) is 15.0 Å². The number of pyridine rings is 1. The lowest BCUT2D eigenvalue weighted by Gasteiger charge is -2.11. The van der Waals surface area contributed by atoms with Gasteiger partial charge in [0, 0.05) is 41.5 Å². The molecule has 1 amide bonds. The number of amides is 1. The number of carboxylic acid groups (broad SMARTS) is 1. The number of anilines is 2. The van der Waals surface area contributed by atoms with Crippen molar-refractivity contribution in [2.24, 2.45) is 0 Å². The number of nitrogens with zero attached hydrogens (tertiary/aromatic N) is 4. The summed E-state index contributed by atoms with van der Waals surface area (Å²) in [4.78, 5) is 25.6. The van der Waals surface area contributed by atoms with Gasteiger partial charge in [0.1, 0.15) is 10.8 Å². The minimum absolute atomic E-state index is 0.464. The second kappa shape index (κ2) is 8.11. The highest BCUT2D eigenvalue weighted by Crippen LogP contribution is 2.32. The van der Waals surface area contributed by atoms with Crippen LogP contribution in [0.25, 0.3) is 10.1 Å². The van der Waals surface area contributed by atoms with E-state index in [0.717, 1.165) is 33.0 Å². The van der Waals surface area contributed by atoms with Crippen LogP contribution in [0.1, 0.15) is 5.69 Å². The third-order valence-electron chi connectivity index (χ3n) is 3.65. The number of hydrogen-bond acceptors (Lipinski definition) is 8. The van der Waals surface area contributed by atoms with E-state index < -0.39 is 6.09 Å². The van der Waals surface area contributed by atoms with Crippen LogP contribution < -0.4 is 10.6 Å². The van der Waals surface area contributed by atoms with Crippen molar-refractivity contribution in [1.82, 2.24) is 15.0 Å². The molecule has 0 spiro atoms. The van der Waals surface area contributed by atoms with Crippen LogP contribution in [-0.4, -0.2) is 45.2 Å². The fraction of sp³-hybridized carbons (Fsp3) is 0.250. The van der Waals surface area contributed by atoms with Crippen molar-refractivity contribution >= 4 is 62.5 Å². The second-order valence-electron chi connectivity index (χ2n) is 5.35. The second-order valence-corrected chi connectivity index (χ2v) is 8.15. The van der Waals surface area contributed by atoms with Gasteiger partial charge in [-0.05, 0) is 18.7 Å². The smallest absolute Gasteiger partial charge is 0.411 e. The monoisotopic (exact) mass is 407 g/mol. The van der Waals surface area contributed by atoms with E-state index in [1.807, 2.05) is 17.7 Å². The molecule has 0 aromatic carbocycles. The van der Waals surface area contributed by atoms with Gasteiger partial charge in [-0.3, -0.25) is 9.88 Å². The van der Waals surface area contributed by atoms with Gasteiger partial charge in [0.15, 0.2) is 5.16 Å². The zero-order valence-corrected chi connectivity index (χ0v) is 16.6. The molecule has 0 aliphatic heterocycles. The van der Waals surface area contributed by atoms with Gasteiger partial charge in [0.25, 0.3) is 0 Å². The molecule has 0 saturated carbocycles. The topological polar surface area (TPSA) is 105 Å². The van der Waals surface area contributed by atoms with E-state index in [-0.39, 0.29) is 0 Å². The molecule has 0 bridgehead atoms. The Kier molecular flexibility index (Phi) is 5.84. The normalized spacial score (nSPS) is 11.0. The third kappa shape index (κ3) is 4.19. The lowest BCUT2D eigenvalue weighted by Crippen LogP contribution is -2.23.